The SMILES string of the molecule is COc1ccc(NCC(=O)NNC(=O)c2csc(C)n2)cc1. The van der Waals surface area contributed by atoms with Crippen LogP contribution in [-0.4, -0.2) is 30.5 Å². The van der Waals surface area contributed by atoms with Crippen molar-refractivity contribution in [1.29, 1.82) is 0 Å². The van der Waals surface area contributed by atoms with Crippen LogP contribution < -0.4 is 20.9 Å². The Bertz CT molecular complexity index is 654. The van der Waals surface area contributed by atoms with E-state index in [1.165, 1.54) is 11.3 Å². The molecular weight excluding hydrogens is 304 g/mol. The van der Waals surface area contributed by atoms with Gasteiger partial charge in [0.1, 0.15) is 11.4 Å². The first kappa shape index (κ1) is 15.8. The van der Waals surface area contributed by atoms with Crippen molar-refractivity contribution in [1.82, 2.24) is 15.8 Å². The van der Waals surface area contributed by atoms with Gasteiger partial charge in [-0.3, -0.25) is 20.4 Å². The summed E-state index contributed by atoms with van der Waals surface area (Å²) in [6.07, 6.45) is 0. The van der Waals surface area contributed by atoms with Gasteiger partial charge in [-0.1, -0.05) is 0 Å². The molecule has 2 amide bonds. The second-order valence-corrected chi connectivity index (χ2v) is 5.40. The van der Waals surface area contributed by atoms with E-state index in [1.54, 1.807) is 43.7 Å². The Kier molecular flexibility index (Phi) is 5.31. The van der Waals surface area contributed by atoms with Crippen molar-refractivity contribution in [2.75, 3.05) is 19.0 Å². The number of aryl methyl sites for hydroxylation is 1. The molecule has 7 nitrogen and oxygen atoms in total. The molecule has 1 aromatic carbocycles. The zero-order valence-corrected chi connectivity index (χ0v) is 13.0. The van der Waals surface area contributed by atoms with Crippen LogP contribution >= 0.6 is 11.3 Å². The van der Waals surface area contributed by atoms with Gasteiger partial charge in [-0.2, -0.15) is 0 Å². The molecule has 0 atom stereocenters. The summed E-state index contributed by atoms with van der Waals surface area (Å²) in [6, 6.07) is 7.16. The number of amides is 2. The van der Waals surface area contributed by atoms with Crippen LogP contribution in [0.3, 0.4) is 0 Å². The summed E-state index contributed by atoms with van der Waals surface area (Å²) in [4.78, 5) is 27.4. The molecule has 0 spiro atoms. The molecule has 0 aliphatic heterocycles. The van der Waals surface area contributed by atoms with E-state index in [2.05, 4.69) is 21.2 Å². The Hall–Kier alpha value is -2.61. The van der Waals surface area contributed by atoms with Gasteiger partial charge >= 0.3 is 0 Å². The van der Waals surface area contributed by atoms with Crippen LogP contribution in [0.1, 0.15) is 15.5 Å². The highest BCUT2D eigenvalue weighted by atomic mass is 32.1. The summed E-state index contributed by atoms with van der Waals surface area (Å²) in [5.41, 5.74) is 5.69. The van der Waals surface area contributed by atoms with E-state index in [-0.39, 0.29) is 18.1 Å². The fourth-order valence-electron chi connectivity index (χ4n) is 1.59. The molecule has 1 heterocycles. The van der Waals surface area contributed by atoms with Crippen LogP contribution in [0.4, 0.5) is 5.69 Å². The number of carbonyl (C=O) groups excluding carboxylic acids is 2. The summed E-state index contributed by atoms with van der Waals surface area (Å²) in [5.74, 6) is -0.0703. The topological polar surface area (TPSA) is 92.4 Å². The van der Waals surface area contributed by atoms with Crippen LogP contribution in [0.25, 0.3) is 0 Å². The Balaban J connectivity index is 1.74. The number of aromatic nitrogens is 1. The maximum Gasteiger partial charge on any atom is 0.289 e. The standard InChI is InChI=1S/C14H16N4O3S/c1-9-16-12(8-22-9)14(20)18-17-13(19)7-15-10-3-5-11(21-2)6-4-10/h3-6,8,15H,7H2,1-2H3,(H,17,19)(H,18,20). The Morgan fingerprint density at radius 1 is 1.23 bits per heavy atom. The number of benzene rings is 1. The summed E-state index contributed by atoms with van der Waals surface area (Å²) >= 11 is 1.37. The molecule has 3 N–H and O–H groups in total. The number of methoxy groups -OCH3 is 1. The van der Waals surface area contributed by atoms with Crippen molar-refractivity contribution in [2.45, 2.75) is 6.92 Å². The predicted octanol–water partition coefficient (Wildman–Crippen LogP) is 1.33. The van der Waals surface area contributed by atoms with E-state index in [4.69, 9.17) is 4.74 Å². The number of nitrogens with one attached hydrogen (secondary N) is 3. The third-order valence-corrected chi connectivity index (χ3v) is 3.48. The molecule has 2 rings (SSSR count). The third kappa shape index (κ3) is 4.45. The van der Waals surface area contributed by atoms with Gasteiger partial charge in [0.05, 0.1) is 18.7 Å². The predicted molar refractivity (Wildman–Crippen MR) is 83.9 cm³/mol. The quantitative estimate of drug-likeness (QED) is 0.723. The van der Waals surface area contributed by atoms with Gasteiger partial charge in [0, 0.05) is 11.1 Å². The van der Waals surface area contributed by atoms with Crippen LogP contribution in [-0.2, 0) is 4.79 Å². The van der Waals surface area contributed by atoms with Crippen molar-refractivity contribution in [2.24, 2.45) is 0 Å². The van der Waals surface area contributed by atoms with Gasteiger partial charge in [-0.05, 0) is 31.2 Å². The maximum atomic E-state index is 11.7. The zero-order chi connectivity index (χ0) is 15.9. The number of hydrogen-bond donors (Lipinski definition) is 3. The summed E-state index contributed by atoms with van der Waals surface area (Å²) in [5, 5.41) is 5.35. The van der Waals surface area contributed by atoms with E-state index in [1.807, 2.05) is 0 Å². The molecule has 1 aromatic heterocycles. The Labute approximate surface area is 131 Å². The average molecular weight is 320 g/mol. The van der Waals surface area contributed by atoms with Crippen LogP contribution in [0, 0.1) is 6.92 Å². The molecule has 0 radical (unpaired) electrons. The number of hydrazine groups is 1. The minimum atomic E-state index is -0.442. The lowest BCUT2D eigenvalue weighted by molar-refractivity contribution is -0.120. The lowest BCUT2D eigenvalue weighted by atomic mass is 10.3. The fourth-order valence-corrected chi connectivity index (χ4v) is 2.19. The number of carbonyl (C=O) groups is 2. The molecular formula is C14H16N4O3S. The largest absolute Gasteiger partial charge is 0.497 e. The van der Waals surface area contributed by atoms with Crippen molar-refractivity contribution in [3.8, 4) is 5.75 Å². The van der Waals surface area contributed by atoms with E-state index in [0.717, 1.165) is 16.4 Å². The molecule has 22 heavy (non-hydrogen) atoms. The highest BCUT2D eigenvalue weighted by molar-refractivity contribution is 7.09. The third-order valence-electron chi connectivity index (χ3n) is 2.71. The van der Waals surface area contributed by atoms with Gasteiger partial charge in [0.2, 0.25) is 0 Å². The van der Waals surface area contributed by atoms with Crippen LogP contribution in [0.15, 0.2) is 29.6 Å². The first-order valence-corrected chi connectivity index (χ1v) is 7.35. The lowest BCUT2D eigenvalue weighted by Crippen LogP contribution is -2.44. The molecule has 0 unspecified atom stereocenters. The van der Waals surface area contributed by atoms with Crippen molar-refractivity contribution in [3.05, 3.63) is 40.3 Å². The second kappa shape index (κ2) is 7.41. The van der Waals surface area contributed by atoms with Crippen molar-refractivity contribution >= 4 is 28.8 Å². The molecule has 0 aliphatic rings. The number of thiazole rings is 1. The van der Waals surface area contributed by atoms with Crippen LogP contribution in [0.5, 0.6) is 5.75 Å². The van der Waals surface area contributed by atoms with Crippen molar-refractivity contribution in [3.63, 3.8) is 0 Å². The van der Waals surface area contributed by atoms with Gasteiger partial charge in [-0.15, -0.1) is 11.3 Å². The molecule has 8 heteroatoms. The smallest absolute Gasteiger partial charge is 0.289 e. The first-order chi connectivity index (χ1) is 10.6. The van der Waals surface area contributed by atoms with E-state index in [9.17, 15) is 9.59 Å². The van der Waals surface area contributed by atoms with Gasteiger partial charge in [-0.25, -0.2) is 4.98 Å². The number of nitrogens with zero attached hydrogens (tertiary/aromatic N) is 1. The lowest BCUT2D eigenvalue weighted by Gasteiger charge is -2.08. The number of ether oxygens (including phenoxy) is 1. The number of anilines is 1. The average Bonchev–Trinajstić information content (AvgIpc) is 2.97. The molecule has 0 fully saturated rings. The van der Waals surface area contributed by atoms with Crippen LogP contribution in [0.2, 0.25) is 0 Å². The Morgan fingerprint density at radius 3 is 2.55 bits per heavy atom. The van der Waals surface area contributed by atoms with Crippen molar-refractivity contribution < 1.29 is 14.3 Å². The molecule has 0 saturated heterocycles. The first-order valence-electron chi connectivity index (χ1n) is 6.47. The Morgan fingerprint density at radius 2 is 1.95 bits per heavy atom. The molecule has 116 valence electrons. The highest BCUT2D eigenvalue weighted by Gasteiger charge is 2.10. The zero-order valence-electron chi connectivity index (χ0n) is 12.2. The summed E-state index contributed by atoms with van der Waals surface area (Å²) < 4.78 is 5.04. The van der Waals surface area contributed by atoms with Gasteiger partial charge in [0.15, 0.2) is 0 Å². The molecule has 0 bridgehead atoms. The fraction of sp³-hybridized carbons (Fsp3) is 0.214. The summed E-state index contributed by atoms with van der Waals surface area (Å²) in [7, 11) is 1.59. The number of rotatable bonds is 5. The van der Waals surface area contributed by atoms with Gasteiger partial charge in [0.25, 0.3) is 11.8 Å². The van der Waals surface area contributed by atoms with E-state index >= 15 is 0 Å². The number of hydrogen-bond acceptors (Lipinski definition) is 6. The monoisotopic (exact) mass is 320 g/mol. The minimum Gasteiger partial charge on any atom is -0.497 e. The van der Waals surface area contributed by atoms with Gasteiger partial charge < -0.3 is 10.1 Å². The normalized spacial score (nSPS) is 9.91. The molecule has 0 aliphatic carbocycles. The molecule has 0 saturated carbocycles. The van der Waals surface area contributed by atoms with E-state index in [0.29, 0.717) is 0 Å². The highest BCUT2D eigenvalue weighted by Crippen LogP contribution is 2.14. The minimum absolute atomic E-state index is 0.0305. The molecule has 2 aromatic rings. The van der Waals surface area contributed by atoms with E-state index < -0.39 is 5.91 Å². The maximum absolute atomic E-state index is 11.7. The summed E-state index contributed by atoms with van der Waals surface area (Å²) in [6.45, 7) is 1.83. The second-order valence-electron chi connectivity index (χ2n) is 4.34.